The smallest absolute Gasteiger partial charge is 0.0286 e. The summed E-state index contributed by atoms with van der Waals surface area (Å²) in [5.41, 5.74) is 8.52. The molecule has 92 valence electrons. The molecule has 1 atom stereocenters. The molecule has 0 radical (unpaired) electrons. The lowest BCUT2D eigenvalue weighted by molar-refractivity contribution is 0.469. The highest BCUT2D eigenvalue weighted by molar-refractivity contribution is 5.33. The zero-order chi connectivity index (χ0) is 12.8. The highest BCUT2D eigenvalue weighted by atomic mass is 14.6. The third-order valence-corrected chi connectivity index (χ3v) is 2.98. The van der Waals surface area contributed by atoms with Gasteiger partial charge in [-0.3, -0.25) is 0 Å². The fourth-order valence-electron chi connectivity index (χ4n) is 1.89. The van der Waals surface area contributed by atoms with E-state index in [9.17, 15) is 0 Å². The molecule has 0 aromatic carbocycles. The predicted molar refractivity (Wildman–Crippen MR) is 74.1 cm³/mol. The van der Waals surface area contributed by atoms with Crippen molar-refractivity contribution < 1.29 is 0 Å². The summed E-state index contributed by atoms with van der Waals surface area (Å²) < 4.78 is 0. The number of allylic oxidation sites excluding steroid dienone is 5. The molecular weight excluding hydrogens is 194 g/mol. The quantitative estimate of drug-likeness (QED) is 0.686. The molecule has 0 amide bonds. The molecule has 0 aliphatic heterocycles. The maximum atomic E-state index is 6.03. The molecule has 0 aromatic heterocycles. The second-order valence-corrected chi connectivity index (χ2v) is 4.61. The Labute approximate surface area is 101 Å². The first kappa shape index (κ1) is 15.0. The molecule has 1 aliphatic carbocycles. The van der Waals surface area contributed by atoms with Crippen LogP contribution in [-0.2, 0) is 0 Å². The second kappa shape index (κ2) is 6.57. The van der Waals surface area contributed by atoms with Crippen molar-refractivity contribution in [1.29, 1.82) is 0 Å². The van der Waals surface area contributed by atoms with E-state index in [0.717, 1.165) is 12.1 Å². The third-order valence-electron chi connectivity index (χ3n) is 2.98. The molecule has 0 heterocycles. The Morgan fingerprint density at radius 3 is 2.31 bits per heavy atom. The summed E-state index contributed by atoms with van der Waals surface area (Å²) in [5, 5.41) is 0. The van der Waals surface area contributed by atoms with E-state index in [2.05, 4.69) is 45.1 Å². The Hall–Kier alpha value is -0.980. The minimum atomic E-state index is 0.0309. The number of rotatable bonds is 2. The lowest BCUT2D eigenvalue weighted by Gasteiger charge is -2.32. The topological polar surface area (TPSA) is 26.0 Å². The van der Waals surface area contributed by atoms with Gasteiger partial charge in [0, 0.05) is 11.1 Å². The predicted octanol–water partition coefficient (Wildman–Crippen LogP) is 4.42. The van der Waals surface area contributed by atoms with Gasteiger partial charge in [0.05, 0.1) is 0 Å². The molecule has 1 unspecified atom stereocenters. The van der Waals surface area contributed by atoms with Crippen LogP contribution in [0, 0.1) is 11.3 Å². The lowest BCUT2D eigenvalue weighted by atomic mass is 9.74. The Morgan fingerprint density at radius 2 is 1.88 bits per heavy atom. The van der Waals surface area contributed by atoms with Crippen molar-refractivity contribution >= 4 is 0 Å². The standard InChI is InChI=1S/C13H21N.C2H6/c1-5-8-13(4)9-11(10(2)3)6-7-12(13)14;1-2/h5-8,10H,9,14H2,1-4H3;1-2H3/b8-5-;. The van der Waals surface area contributed by atoms with Crippen LogP contribution in [0.2, 0.25) is 0 Å². The van der Waals surface area contributed by atoms with Crippen LogP contribution in [0.1, 0.15) is 48.0 Å². The summed E-state index contributed by atoms with van der Waals surface area (Å²) >= 11 is 0. The molecule has 1 rings (SSSR count). The Balaban J connectivity index is 0.00000106. The van der Waals surface area contributed by atoms with Gasteiger partial charge in [-0.1, -0.05) is 58.4 Å². The molecule has 1 heteroatoms. The monoisotopic (exact) mass is 221 g/mol. The molecule has 0 bridgehead atoms. The minimum Gasteiger partial charge on any atom is -0.401 e. The van der Waals surface area contributed by atoms with Crippen LogP contribution >= 0.6 is 0 Å². The minimum absolute atomic E-state index is 0.0309. The van der Waals surface area contributed by atoms with E-state index in [0.29, 0.717) is 5.92 Å². The van der Waals surface area contributed by atoms with Crippen molar-refractivity contribution in [1.82, 2.24) is 0 Å². The molecule has 0 saturated heterocycles. The van der Waals surface area contributed by atoms with Gasteiger partial charge in [-0.25, -0.2) is 0 Å². The van der Waals surface area contributed by atoms with E-state index in [1.807, 2.05) is 20.8 Å². The van der Waals surface area contributed by atoms with Crippen molar-refractivity contribution in [3.05, 3.63) is 35.6 Å². The van der Waals surface area contributed by atoms with Crippen LogP contribution in [0.5, 0.6) is 0 Å². The van der Waals surface area contributed by atoms with E-state index < -0.39 is 0 Å². The van der Waals surface area contributed by atoms with Gasteiger partial charge in [-0.05, 0) is 25.3 Å². The highest BCUT2D eigenvalue weighted by Crippen LogP contribution is 2.38. The SMILES string of the molecule is C/C=C\C1(C)CC(C(C)C)=CC=C1N.CC. The van der Waals surface area contributed by atoms with Crippen molar-refractivity contribution in [2.24, 2.45) is 17.1 Å². The number of hydrogen-bond donors (Lipinski definition) is 1. The van der Waals surface area contributed by atoms with Crippen molar-refractivity contribution in [2.45, 2.75) is 48.0 Å². The molecule has 0 fully saturated rings. The van der Waals surface area contributed by atoms with Gasteiger partial charge in [0.2, 0.25) is 0 Å². The van der Waals surface area contributed by atoms with Gasteiger partial charge >= 0.3 is 0 Å². The Morgan fingerprint density at radius 1 is 1.31 bits per heavy atom. The van der Waals surface area contributed by atoms with Crippen LogP contribution in [0.25, 0.3) is 0 Å². The molecule has 0 aromatic rings. The average Bonchev–Trinajstić information content (AvgIpc) is 2.25. The van der Waals surface area contributed by atoms with Crippen LogP contribution in [0.4, 0.5) is 0 Å². The molecular formula is C15H27N. The third kappa shape index (κ3) is 3.55. The first-order valence-electron chi connectivity index (χ1n) is 6.30. The summed E-state index contributed by atoms with van der Waals surface area (Å²) in [6.07, 6.45) is 9.57. The average molecular weight is 221 g/mol. The van der Waals surface area contributed by atoms with Crippen LogP contribution in [0.3, 0.4) is 0 Å². The van der Waals surface area contributed by atoms with Crippen LogP contribution in [-0.4, -0.2) is 0 Å². The molecule has 0 spiro atoms. The van der Waals surface area contributed by atoms with E-state index in [-0.39, 0.29) is 5.41 Å². The summed E-state index contributed by atoms with van der Waals surface area (Å²) in [7, 11) is 0. The lowest BCUT2D eigenvalue weighted by Crippen LogP contribution is -2.26. The fraction of sp³-hybridized carbons (Fsp3) is 0.600. The molecule has 1 aliphatic rings. The van der Waals surface area contributed by atoms with E-state index in [1.54, 1.807) is 0 Å². The first-order chi connectivity index (χ1) is 7.49. The van der Waals surface area contributed by atoms with E-state index in [1.165, 1.54) is 5.57 Å². The van der Waals surface area contributed by atoms with Gasteiger partial charge in [0.15, 0.2) is 0 Å². The molecule has 2 N–H and O–H groups in total. The normalized spacial score (nSPS) is 24.9. The molecule has 16 heavy (non-hydrogen) atoms. The van der Waals surface area contributed by atoms with E-state index >= 15 is 0 Å². The van der Waals surface area contributed by atoms with Gasteiger partial charge in [-0.15, -0.1) is 0 Å². The Kier molecular flexibility index (Phi) is 6.17. The van der Waals surface area contributed by atoms with Gasteiger partial charge in [0.25, 0.3) is 0 Å². The number of nitrogens with two attached hydrogens (primary N) is 1. The zero-order valence-electron chi connectivity index (χ0n) is 11.7. The largest absolute Gasteiger partial charge is 0.401 e. The van der Waals surface area contributed by atoms with Gasteiger partial charge in [-0.2, -0.15) is 0 Å². The summed E-state index contributed by atoms with van der Waals surface area (Å²) in [6.45, 7) is 12.7. The second-order valence-electron chi connectivity index (χ2n) is 4.61. The summed E-state index contributed by atoms with van der Waals surface area (Å²) in [5.74, 6) is 0.615. The van der Waals surface area contributed by atoms with Gasteiger partial charge in [0.1, 0.15) is 0 Å². The van der Waals surface area contributed by atoms with Crippen molar-refractivity contribution in [3.63, 3.8) is 0 Å². The molecule has 1 nitrogen and oxygen atoms in total. The summed E-state index contributed by atoms with van der Waals surface area (Å²) in [6, 6.07) is 0. The van der Waals surface area contributed by atoms with Crippen molar-refractivity contribution in [3.8, 4) is 0 Å². The summed E-state index contributed by atoms with van der Waals surface area (Å²) in [4.78, 5) is 0. The maximum absolute atomic E-state index is 6.03. The van der Waals surface area contributed by atoms with Gasteiger partial charge < -0.3 is 5.73 Å². The van der Waals surface area contributed by atoms with Crippen molar-refractivity contribution in [2.75, 3.05) is 0 Å². The Bertz CT molecular complexity index is 295. The maximum Gasteiger partial charge on any atom is 0.0286 e. The fourth-order valence-corrected chi connectivity index (χ4v) is 1.89. The zero-order valence-corrected chi connectivity index (χ0v) is 11.7. The highest BCUT2D eigenvalue weighted by Gasteiger charge is 2.28. The molecule has 0 saturated carbocycles. The first-order valence-corrected chi connectivity index (χ1v) is 6.30. The van der Waals surface area contributed by atoms with E-state index in [4.69, 9.17) is 5.73 Å². The van der Waals surface area contributed by atoms with Crippen LogP contribution < -0.4 is 5.73 Å². The van der Waals surface area contributed by atoms with Crippen LogP contribution in [0.15, 0.2) is 35.6 Å². The number of hydrogen-bond acceptors (Lipinski definition) is 1.